The van der Waals surface area contributed by atoms with Gasteiger partial charge in [-0.3, -0.25) is 14.9 Å². The van der Waals surface area contributed by atoms with Crippen LogP contribution in [0.4, 0.5) is 5.69 Å². The highest BCUT2D eigenvalue weighted by molar-refractivity contribution is 9.10. The van der Waals surface area contributed by atoms with Crippen molar-refractivity contribution in [3.63, 3.8) is 0 Å². The number of hydrogen-bond acceptors (Lipinski definition) is 4. The number of nitrogens with one attached hydrogen (secondary N) is 1. The number of carbonyl (C=O) groups is 1. The molecule has 1 N–H and O–H groups in total. The molecule has 0 aliphatic heterocycles. The van der Waals surface area contributed by atoms with Crippen molar-refractivity contribution in [2.24, 2.45) is 5.10 Å². The third kappa shape index (κ3) is 4.04. The first-order valence-electron chi connectivity index (χ1n) is 7.56. The van der Waals surface area contributed by atoms with Crippen molar-refractivity contribution < 1.29 is 9.72 Å². The van der Waals surface area contributed by atoms with E-state index in [2.05, 4.69) is 26.5 Å². The van der Waals surface area contributed by atoms with Crippen LogP contribution in [-0.4, -0.2) is 21.6 Å². The number of rotatable bonds is 5. The molecule has 0 saturated heterocycles. The summed E-state index contributed by atoms with van der Waals surface area (Å²) >= 11 is 3.32. The van der Waals surface area contributed by atoms with Crippen LogP contribution in [0.25, 0.3) is 5.69 Å². The number of nitro benzene ring substituents is 1. The maximum atomic E-state index is 12.1. The second-order valence-corrected chi connectivity index (χ2v) is 6.20. The predicted octanol–water partition coefficient (Wildman–Crippen LogP) is 3.91. The summed E-state index contributed by atoms with van der Waals surface area (Å²) in [5.74, 6) is -0.323. The molecule has 0 radical (unpaired) electrons. The highest BCUT2D eigenvalue weighted by atomic mass is 79.9. The summed E-state index contributed by atoms with van der Waals surface area (Å²) in [5.41, 5.74) is 4.45. The van der Waals surface area contributed by atoms with Gasteiger partial charge in [0.15, 0.2) is 0 Å². The van der Waals surface area contributed by atoms with Gasteiger partial charge in [-0.25, -0.2) is 5.43 Å². The SMILES string of the molecule is O=C(N/N=C/c1cccn1-c1ccc([N+](=O)[O-])cc1)c1cccc(Br)c1. The van der Waals surface area contributed by atoms with Crippen LogP contribution in [0.15, 0.2) is 76.4 Å². The van der Waals surface area contributed by atoms with Crippen molar-refractivity contribution in [3.05, 3.63) is 92.7 Å². The van der Waals surface area contributed by atoms with Gasteiger partial charge in [0.05, 0.1) is 16.8 Å². The Balaban J connectivity index is 1.73. The van der Waals surface area contributed by atoms with Gasteiger partial charge >= 0.3 is 0 Å². The average Bonchev–Trinajstić information content (AvgIpc) is 3.10. The zero-order valence-electron chi connectivity index (χ0n) is 13.4. The first-order valence-corrected chi connectivity index (χ1v) is 8.35. The quantitative estimate of drug-likeness (QED) is 0.391. The molecule has 1 heterocycles. The maximum absolute atomic E-state index is 12.1. The first kappa shape index (κ1) is 17.6. The Morgan fingerprint density at radius 2 is 1.92 bits per heavy atom. The second kappa shape index (κ2) is 7.75. The molecule has 0 fully saturated rings. The summed E-state index contributed by atoms with van der Waals surface area (Å²) in [4.78, 5) is 22.4. The molecular formula is C18H13BrN4O3. The molecular weight excluding hydrogens is 400 g/mol. The zero-order chi connectivity index (χ0) is 18.5. The van der Waals surface area contributed by atoms with Crippen LogP contribution in [0.2, 0.25) is 0 Å². The van der Waals surface area contributed by atoms with Gasteiger partial charge in [-0.05, 0) is 42.5 Å². The molecule has 0 bridgehead atoms. The third-order valence-electron chi connectivity index (χ3n) is 3.57. The van der Waals surface area contributed by atoms with Crippen LogP contribution in [-0.2, 0) is 0 Å². The Labute approximate surface area is 157 Å². The average molecular weight is 413 g/mol. The lowest BCUT2D eigenvalue weighted by atomic mass is 10.2. The monoisotopic (exact) mass is 412 g/mol. The number of amides is 1. The number of nitrogens with zero attached hydrogens (tertiary/aromatic N) is 3. The third-order valence-corrected chi connectivity index (χ3v) is 4.06. The number of hydrogen-bond donors (Lipinski definition) is 1. The van der Waals surface area contributed by atoms with Gasteiger partial charge in [0.1, 0.15) is 0 Å². The highest BCUT2D eigenvalue weighted by Gasteiger charge is 2.07. The number of halogens is 1. The van der Waals surface area contributed by atoms with Crippen LogP contribution in [0.1, 0.15) is 16.1 Å². The molecule has 26 heavy (non-hydrogen) atoms. The molecule has 3 aromatic rings. The topological polar surface area (TPSA) is 89.5 Å². The molecule has 2 aromatic carbocycles. The van der Waals surface area contributed by atoms with Gasteiger partial charge in [0.2, 0.25) is 0 Å². The van der Waals surface area contributed by atoms with E-state index in [-0.39, 0.29) is 11.6 Å². The lowest BCUT2D eigenvalue weighted by Gasteiger charge is -2.06. The fraction of sp³-hybridized carbons (Fsp3) is 0. The van der Waals surface area contributed by atoms with E-state index in [0.29, 0.717) is 11.3 Å². The maximum Gasteiger partial charge on any atom is 0.271 e. The summed E-state index contributed by atoms with van der Waals surface area (Å²) in [6.45, 7) is 0. The summed E-state index contributed by atoms with van der Waals surface area (Å²) in [7, 11) is 0. The Kier molecular flexibility index (Phi) is 5.23. The first-order chi connectivity index (χ1) is 12.5. The number of aromatic nitrogens is 1. The van der Waals surface area contributed by atoms with Gasteiger partial charge in [0, 0.05) is 34.1 Å². The van der Waals surface area contributed by atoms with E-state index in [9.17, 15) is 14.9 Å². The molecule has 1 amide bonds. The molecule has 7 nitrogen and oxygen atoms in total. The summed E-state index contributed by atoms with van der Waals surface area (Å²) < 4.78 is 2.61. The largest absolute Gasteiger partial charge is 0.316 e. The molecule has 1 aromatic heterocycles. The minimum absolute atomic E-state index is 0.0254. The molecule has 0 aliphatic rings. The van der Waals surface area contributed by atoms with Crippen molar-refractivity contribution in [2.75, 3.05) is 0 Å². The highest BCUT2D eigenvalue weighted by Crippen LogP contribution is 2.17. The number of nitro groups is 1. The zero-order valence-corrected chi connectivity index (χ0v) is 15.0. The van der Waals surface area contributed by atoms with Crippen molar-refractivity contribution in [3.8, 4) is 5.69 Å². The van der Waals surface area contributed by atoms with E-state index in [1.165, 1.54) is 18.3 Å². The van der Waals surface area contributed by atoms with Gasteiger partial charge in [0.25, 0.3) is 11.6 Å². The van der Waals surface area contributed by atoms with E-state index >= 15 is 0 Å². The fourth-order valence-corrected chi connectivity index (χ4v) is 2.72. The number of non-ortho nitro benzene ring substituents is 1. The van der Waals surface area contributed by atoms with Crippen molar-refractivity contribution in [1.29, 1.82) is 0 Å². The van der Waals surface area contributed by atoms with Crippen LogP contribution in [0, 0.1) is 10.1 Å². The molecule has 0 saturated carbocycles. The number of carbonyl (C=O) groups excluding carboxylic acids is 1. The van der Waals surface area contributed by atoms with Gasteiger partial charge < -0.3 is 4.57 Å². The van der Waals surface area contributed by atoms with E-state index in [4.69, 9.17) is 0 Å². The van der Waals surface area contributed by atoms with Crippen molar-refractivity contribution in [1.82, 2.24) is 9.99 Å². The Bertz CT molecular complexity index is 980. The Morgan fingerprint density at radius 3 is 2.62 bits per heavy atom. The summed E-state index contributed by atoms with van der Waals surface area (Å²) in [6, 6.07) is 16.8. The van der Waals surface area contributed by atoms with E-state index in [1.807, 2.05) is 18.2 Å². The van der Waals surface area contributed by atoms with E-state index in [0.717, 1.165) is 10.2 Å². The molecule has 0 aliphatic carbocycles. The molecule has 0 unspecified atom stereocenters. The minimum Gasteiger partial charge on any atom is -0.316 e. The van der Waals surface area contributed by atoms with Gasteiger partial charge in [-0.15, -0.1) is 0 Å². The second-order valence-electron chi connectivity index (χ2n) is 5.29. The van der Waals surface area contributed by atoms with Crippen LogP contribution in [0.3, 0.4) is 0 Å². The Morgan fingerprint density at radius 1 is 1.15 bits per heavy atom. The van der Waals surface area contributed by atoms with Crippen LogP contribution in [0.5, 0.6) is 0 Å². The van der Waals surface area contributed by atoms with E-state index < -0.39 is 4.92 Å². The number of hydrazone groups is 1. The summed E-state index contributed by atoms with van der Waals surface area (Å²) in [5, 5.41) is 14.7. The Hall–Kier alpha value is -3.26. The standard InChI is InChI=1S/C18H13BrN4O3/c19-14-4-1-3-13(11-14)18(24)21-20-12-17-5-2-10-22(17)15-6-8-16(9-7-15)23(25)26/h1-12H,(H,21,24)/b20-12+. The molecule has 0 atom stereocenters. The van der Waals surface area contributed by atoms with Crippen molar-refractivity contribution in [2.45, 2.75) is 0 Å². The minimum atomic E-state index is -0.445. The van der Waals surface area contributed by atoms with Crippen molar-refractivity contribution >= 4 is 33.7 Å². The van der Waals surface area contributed by atoms with Crippen LogP contribution < -0.4 is 5.43 Å². The molecule has 130 valence electrons. The molecule has 3 rings (SSSR count). The summed E-state index contributed by atoms with van der Waals surface area (Å²) in [6.07, 6.45) is 3.32. The number of benzene rings is 2. The fourth-order valence-electron chi connectivity index (χ4n) is 2.32. The normalized spacial score (nSPS) is 10.8. The smallest absolute Gasteiger partial charge is 0.271 e. The molecule has 0 spiro atoms. The lowest BCUT2D eigenvalue weighted by Crippen LogP contribution is -2.17. The molecule has 8 heteroatoms. The van der Waals surface area contributed by atoms with Gasteiger partial charge in [-0.1, -0.05) is 22.0 Å². The predicted molar refractivity (Wildman–Crippen MR) is 102 cm³/mol. The van der Waals surface area contributed by atoms with Crippen LogP contribution >= 0.6 is 15.9 Å². The lowest BCUT2D eigenvalue weighted by molar-refractivity contribution is -0.384. The van der Waals surface area contributed by atoms with E-state index in [1.54, 1.807) is 41.1 Å². The van der Waals surface area contributed by atoms with Gasteiger partial charge in [-0.2, -0.15) is 5.10 Å².